The lowest BCUT2D eigenvalue weighted by Gasteiger charge is -2.32. The van der Waals surface area contributed by atoms with Crippen molar-refractivity contribution in [2.24, 2.45) is 0 Å². The van der Waals surface area contributed by atoms with E-state index >= 15 is 0 Å². The fraction of sp³-hybridized carbons (Fsp3) is 0.500. The minimum atomic E-state index is 0.409. The highest BCUT2D eigenvalue weighted by molar-refractivity contribution is 5.76. The van der Waals surface area contributed by atoms with Crippen LogP contribution in [0.1, 0.15) is 56.1 Å². The molecule has 5 heteroatoms. The van der Waals surface area contributed by atoms with E-state index in [1.165, 1.54) is 24.2 Å². The average Bonchev–Trinajstić information content (AvgIpc) is 3.18. The Kier molecular flexibility index (Phi) is 4.34. The molecule has 1 fully saturated rings. The maximum Gasteiger partial charge on any atom is 0.208 e. The number of fused-ring (bicyclic) bond motifs is 1. The number of aromatic nitrogens is 3. The first-order valence-electron chi connectivity index (χ1n) is 9.22. The van der Waals surface area contributed by atoms with Gasteiger partial charge in [0.05, 0.1) is 23.8 Å². The quantitative estimate of drug-likeness (QED) is 0.712. The zero-order chi connectivity index (χ0) is 17.4. The number of oxazole rings is 1. The number of hydrogen-bond donors (Lipinski definition) is 0. The largest absolute Gasteiger partial charge is 0.445 e. The number of likely N-dealkylation sites (tertiary alicyclic amines) is 1. The smallest absolute Gasteiger partial charge is 0.208 e. The van der Waals surface area contributed by atoms with Gasteiger partial charge in [0.2, 0.25) is 5.89 Å². The maximum atomic E-state index is 5.66. The number of piperidine rings is 1. The van der Waals surface area contributed by atoms with Crippen LogP contribution in [0, 0.1) is 6.92 Å². The molecule has 1 aliphatic heterocycles. The van der Waals surface area contributed by atoms with Gasteiger partial charge in [0.25, 0.3) is 0 Å². The second kappa shape index (κ2) is 6.64. The Hall–Kier alpha value is -2.14. The zero-order valence-corrected chi connectivity index (χ0v) is 15.3. The molecule has 0 amide bonds. The van der Waals surface area contributed by atoms with Crippen molar-refractivity contribution < 1.29 is 4.42 Å². The fourth-order valence-corrected chi connectivity index (χ4v) is 3.97. The molecule has 1 saturated heterocycles. The third-order valence-corrected chi connectivity index (χ3v) is 5.04. The van der Waals surface area contributed by atoms with Crippen LogP contribution in [0.5, 0.6) is 0 Å². The van der Waals surface area contributed by atoms with Crippen molar-refractivity contribution >= 4 is 11.0 Å². The highest BCUT2D eigenvalue weighted by atomic mass is 16.4. The van der Waals surface area contributed by atoms with Gasteiger partial charge in [-0.05, 0) is 52.3 Å². The third-order valence-electron chi connectivity index (χ3n) is 5.04. The molecule has 0 unspecified atom stereocenters. The minimum absolute atomic E-state index is 0.409. The summed E-state index contributed by atoms with van der Waals surface area (Å²) < 4.78 is 8.08. The van der Waals surface area contributed by atoms with Crippen molar-refractivity contribution in [3.63, 3.8) is 0 Å². The highest BCUT2D eigenvalue weighted by Gasteiger charge is 2.27. The van der Waals surface area contributed by atoms with Crippen LogP contribution < -0.4 is 0 Å². The molecule has 0 spiro atoms. The van der Waals surface area contributed by atoms with E-state index in [0.29, 0.717) is 12.0 Å². The van der Waals surface area contributed by atoms with Crippen LogP contribution in [0.25, 0.3) is 11.0 Å². The number of rotatable bonds is 4. The molecule has 1 atom stereocenters. The SMILES string of the molecule is Cc1cnc(CN2CCC[C@H](c3nc4ccccc4n3C(C)C)C2)o1. The van der Waals surface area contributed by atoms with E-state index in [-0.39, 0.29) is 0 Å². The summed E-state index contributed by atoms with van der Waals surface area (Å²) in [5, 5.41) is 0. The molecule has 0 radical (unpaired) electrons. The Bertz CT molecular complexity index is 864. The topological polar surface area (TPSA) is 47.1 Å². The first kappa shape index (κ1) is 16.3. The molecule has 0 bridgehead atoms. The van der Waals surface area contributed by atoms with Crippen molar-refractivity contribution in [3.05, 3.63) is 47.9 Å². The second-order valence-electron chi connectivity index (χ2n) is 7.36. The summed E-state index contributed by atoms with van der Waals surface area (Å²) in [6.45, 7) is 9.32. The van der Waals surface area contributed by atoms with E-state index in [1.807, 2.05) is 6.92 Å². The minimum Gasteiger partial charge on any atom is -0.445 e. The predicted molar refractivity (Wildman–Crippen MR) is 98.6 cm³/mol. The predicted octanol–water partition coefficient (Wildman–Crippen LogP) is 4.29. The molecule has 25 heavy (non-hydrogen) atoms. The van der Waals surface area contributed by atoms with Crippen molar-refractivity contribution in [1.82, 2.24) is 19.4 Å². The Morgan fingerprint density at radius 3 is 2.88 bits per heavy atom. The lowest BCUT2D eigenvalue weighted by molar-refractivity contribution is 0.178. The van der Waals surface area contributed by atoms with E-state index in [9.17, 15) is 0 Å². The molecule has 3 heterocycles. The molecular weight excluding hydrogens is 312 g/mol. The molecule has 0 N–H and O–H groups in total. The van der Waals surface area contributed by atoms with Gasteiger partial charge < -0.3 is 8.98 Å². The van der Waals surface area contributed by atoms with Crippen molar-refractivity contribution in [1.29, 1.82) is 0 Å². The van der Waals surface area contributed by atoms with Gasteiger partial charge in [0.15, 0.2) is 0 Å². The Morgan fingerprint density at radius 1 is 1.28 bits per heavy atom. The van der Waals surface area contributed by atoms with Gasteiger partial charge in [-0.25, -0.2) is 9.97 Å². The monoisotopic (exact) mass is 338 g/mol. The molecule has 0 saturated carbocycles. The van der Waals surface area contributed by atoms with Crippen molar-refractivity contribution in [3.8, 4) is 0 Å². The number of hydrogen-bond acceptors (Lipinski definition) is 4. The van der Waals surface area contributed by atoms with Gasteiger partial charge in [-0.1, -0.05) is 12.1 Å². The lowest BCUT2D eigenvalue weighted by atomic mass is 9.97. The summed E-state index contributed by atoms with van der Waals surface area (Å²) in [5.74, 6) is 3.38. The lowest BCUT2D eigenvalue weighted by Crippen LogP contribution is -2.35. The molecule has 132 valence electrons. The average molecular weight is 338 g/mol. The van der Waals surface area contributed by atoms with E-state index in [2.05, 4.69) is 52.6 Å². The van der Waals surface area contributed by atoms with Crippen LogP contribution in [0.2, 0.25) is 0 Å². The fourth-order valence-electron chi connectivity index (χ4n) is 3.97. The molecule has 3 aromatic rings. The van der Waals surface area contributed by atoms with Crippen LogP contribution in [-0.4, -0.2) is 32.5 Å². The third kappa shape index (κ3) is 3.21. The number of imidazole rings is 1. The number of aryl methyl sites for hydroxylation is 1. The maximum absolute atomic E-state index is 5.66. The summed E-state index contributed by atoms with van der Waals surface area (Å²) in [4.78, 5) is 11.8. The van der Waals surface area contributed by atoms with Crippen LogP contribution in [0.15, 0.2) is 34.9 Å². The van der Waals surface area contributed by atoms with Crippen molar-refractivity contribution in [2.75, 3.05) is 13.1 Å². The number of nitrogens with zero attached hydrogens (tertiary/aromatic N) is 4. The van der Waals surface area contributed by atoms with Gasteiger partial charge >= 0.3 is 0 Å². The Morgan fingerprint density at radius 2 is 2.12 bits per heavy atom. The first-order chi connectivity index (χ1) is 12.1. The first-order valence-corrected chi connectivity index (χ1v) is 9.22. The van der Waals surface area contributed by atoms with Crippen LogP contribution in [-0.2, 0) is 6.54 Å². The molecule has 4 rings (SSSR count). The summed E-state index contributed by atoms with van der Waals surface area (Å²) in [6.07, 6.45) is 4.18. The highest BCUT2D eigenvalue weighted by Crippen LogP contribution is 2.32. The van der Waals surface area contributed by atoms with Gasteiger partial charge in [-0.15, -0.1) is 0 Å². The molecule has 1 aliphatic rings. The second-order valence-corrected chi connectivity index (χ2v) is 7.36. The van der Waals surface area contributed by atoms with E-state index < -0.39 is 0 Å². The zero-order valence-electron chi connectivity index (χ0n) is 15.3. The van der Waals surface area contributed by atoms with E-state index in [1.54, 1.807) is 6.20 Å². The van der Waals surface area contributed by atoms with Crippen LogP contribution in [0.4, 0.5) is 0 Å². The summed E-state index contributed by atoms with van der Waals surface area (Å²) in [7, 11) is 0. The molecular formula is C20H26N4O. The van der Waals surface area contributed by atoms with E-state index in [4.69, 9.17) is 9.40 Å². The van der Waals surface area contributed by atoms with Gasteiger partial charge in [0, 0.05) is 18.5 Å². The van der Waals surface area contributed by atoms with Gasteiger partial charge in [-0.2, -0.15) is 0 Å². The number of benzene rings is 1. The standard InChI is InChI=1S/C20H26N4O/c1-14(2)24-18-9-5-4-8-17(18)22-20(24)16-7-6-10-23(12-16)13-19-21-11-15(3)25-19/h4-5,8-9,11,14,16H,6-7,10,12-13H2,1-3H3/t16-/m0/s1. The number of para-hydroxylation sites is 2. The summed E-state index contributed by atoms with van der Waals surface area (Å²) >= 11 is 0. The van der Waals surface area contributed by atoms with E-state index in [0.717, 1.165) is 36.8 Å². The molecule has 0 aliphatic carbocycles. The van der Waals surface area contributed by atoms with Crippen LogP contribution >= 0.6 is 0 Å². The molecule has 5 nitrogen and oxygen atoms in total. The van der Waals surface area contributed by atoms with Crippen LogP contribution in [0.3, 0.4) is 0 Å². The van der Waals surface area contributed by atoms with Gasteiger partial charge in [-0.3, -0.25) is 4.90 Å². The summed E-state index contributed by atoms with van der Waals surface area (Å²) in [5.41, 5.74) is 2.35. The van der Waals surface area contributed by atoms with Gasteiger partial charge in [0.1, 0.15) is 11.6 Å². The summed E-state index contributed by atoms with van der Waals surface area (Å²) in [6, 6.07) is 8.88. The normalized spacial score (nSPS) is 19.1. The Labute approximate surface area is 148 Å². The Balaban J connectivity index is 1.60. The molecule has 2 aromatic heterocycles. The molecule has 1 aromatic carbocycles. The van der Waals surface area contributed by atoms with Crippen molar-refractivity contribution in [2.45, 2.75) is 52.1 Å².